The summed E-state index contributed by atoms with van der Waals surface area (Å²) in [6.07, 6.45) is 6.31. The Kier molecular flexibility index (Phi) is 9.24. The van der Waals surface area contributed by atoms with Crippen molar-refractivity contribution in [1.82, 2.24) is 19.8 Å². The molecule has 1 aromatic heterocycles. The molecule has 2 aliphatic heterocycles. The lowest BCUT2D eigenvalue weighted by molar-refractivity contribution is 0.0131. The maximum atomic E-state index is 12.4. The summed E-state index contributed by atoms with van der Waals surface area (Å²) < 4.78 is 22.8. The Balaban J connectivity index is 1.45. The van der Waals surface area contributed by atoms with E-state index in [1.807, 2.05) is 41.5 Å². The van der Waals surface area contributed by atoms with Crippen LogP contribution in [0.25, 0.3) is 0 Å². The maximum absolute atomic E-state index is 12.4. The third-order valence-electron chi connectivity index (χ3n) is 5.87. The molecule has 2 amide bonds. The zero-order chi connectivity index (χ0) is 26.3. The molecule has 3 rings (SSSR count). The minimum atomic E-state index is -0.512. The van der Waals surface area contributed by atoms with Crippen LogP contribution in [-0.4, -0.2) is 82.5 Å². The van der Waals surface area contributed by atoms with E-state index in [2.05, 4.69) is 9.97 Å². The summed E-state index contributed by atoms with van der Waals surface area (Å²) in [5.74, 6) is 1.17. The Hall–Kier alpha value is -2.78. The van der Waals surface area contributed by atoms with Gasteiger partial charge in [0.1, 0.15) is 11.2 Å². The van der Waals surface area contributed by atoms with Crippen LogP contribution >= 0.6 is 0 Å². The molecule has 36 heavy (non-hydrogen) atoms. The van der Waals surface area contributed by atoms with Crippen LogP contribution in [0, 0.1) is 11.8 Å². The van der Waals surface area contributed by atoms with E-state index in [-0.39, 0.29) is 24.0 Å². The van der Waals surface area contributed by atoms with Crippen LogP contribution in [0.15, 0.2) is 12.4 Å². The van der Waals surface area contributed by atoms with E-state index < -0.39 is 11.2 Å². The molecular weight excluding hydrogens is 464 g/mol. The lowest BCUT2D eigenvalue weighted by Gasteiger charge is -2.34. The van der Waals surface area contributed by atoms with E-state index in [0.29, 0.717) is 51.2 Å². The molecular formula is C26H42N4O6. The molecule has 202 valence electrons. The molecule has 0 spiro atoms. The van der Waals surface area contributed by atoms with Crippen LogP contribution in [-0.2, 0) is 9.47 Å². The maximum Gasteiger partial charge on any atom is 0.410 e. The number of carbonyl (C=O) groups excluding carboxylic acids is 2. The summed E-state index contributed by atoms with van der Waals surface area (Å²) in [6, 6.07) is 0. The Labute approximate surface area is 214 Å². The van der Waals surface area contributed by atoms with Gasteiger partial charge >= 0.3 is 12.2 Å². The van der Waals surface area contributed by atoms with Gasteiger partial charge in [-0.05, 0) is 67.2 Å². The third-order valence-corrected chi connectivity index (χ3v) is 5.87. The van der Waals surface area contributed by atoms with Crippen LogP contribution < -0.4 is 9.47 Å². The molecule has 10 nitrogen and oxygen atoms in total. The zero-order valence-electron chi connectivity index (χ0n) is 22.6. The second-order valence-electron chi connectivity index (χ2n) is 11.7. The monoisotopic (exact) mass is 506 g/mol. The van der Waals surface area contributed by atoms with E-state index in [4.69, 9.17) is 18.9 Å². The largest absolute Gasteiger partial charge is 0.476 e. The van der Waals surface area contributed by atoms with Gasteiger partial charge in [-0.1, -0.05) is 0 Å². The lowest BCUT2D eigenvalue weighted by atomic mass is 9.99. The van der Waals surface area contributed by atoms with Gasteiger partial charge in [0.05, 0.1) is 25.6 Å². The minimum absolute atomic E-state index is 0.193. The van der Waals surface area contributed by atoms with Gasteiger partial charge in [-0.3, -0.25) is 4.98 Å². The van der Waals surface area contributed by atoms with Crippen LogP contribution in [0.5, 0.6) is 11.8 Å². The van der Waals surface area contributed by atoms with Crippen molar-refractivity contribution in [1.29, 1.82) is 0 Å². The van der Waals surface area contributed by atoms with Gasteiger partial charge < -0.3 is 28.7 Å². The van der Waals surface area contributed by atoms with Gasteiger partial charge in [0.2, 0.25) is 11.8 Å². The topological polar surface area (TPSA) is 103 Å². The van der Waals surface area contributed by atoms with Gasteiger partial charge in [0.25, 0.3) is 0 Å². The summed E-state index contributed by atoms with van der Waals surface area (Å²) in [5.41, 5.74) is -1.02. The number of carbonyl (C=O) groups is 2. The molecule has 1 aromatic rings. The van der Waals surface area contributed by atoms with Gasteiger partial charge in [-0.25, -0.2) is 9.59 Å². The quantitative estimate of drug-likeness (QED) is 0.554. The second-order valence-corrected chi connectivity index (χ2v) is 11.7. The van der Waals surface area contributed by atoms with E-state index in [9.17, 15) is 9.59 Å². The van der Waals surface area contributed by atoms with Crippen LogP contribution in [0.3, 0.4) is 0 Å². The zero-order valence-corrected chi connectivity index (χ0v) is 22.6. The van der Waals surface area contributed by atoms with Crippen molar-refractivity contribution in [3.8, 4) is 11.8 Å². The highest BCUT2D eigenvalue weighted by molar-refractivity contribution is 5.68. The second kappa shape index (κ2) is 12.0. The fourth-order valence-electron chi connectivity index (χ4n) is 4.26. The number of rotatable bonds is 6. The van der Waals surface area contributed by atoms with Crippen molar-refractivity contribution in [3.63, 3.8) is 0 Å². The summed E-state index contributed by atoms with van der Waals surface area (Å²) >= 11 is 0. The molecule has 2 fully saturated rings. The van der Waals surface area contributed by atoms with Crippen molar-refractivity contribution in [3.05, 3.63) is 12.4 Å². The summed E-state index contributed by atoms with van der Waals surface area (Å²) in [7, 11) is 0. The molecule has 0 radical (unpaired) electrons. The van der Waals surface area contributed by atoms with Gasteiger partial charge in [0, 0.05) is 38.0 Å². The van der Waals surface area contributed by atoms with Gasteiger partial charge in [-0.15, -0.1) is 0 Å². The molecule has 0 bridgehead atoms. The molecule has 0 N–H and O–H groups in total. The number of aromatic nitrogens is 2. The van der Waals surface area contributed by atoms with E-state index >= 15 is 0 Å². The fourth-order valence-corrected chi connectivity index (χ4v) is 4.26. The predicted octanol–water partition coefficient (Wildman–Crippen LogP) is 4.53. The summed E-state index contributed by atoms with van der Waals surface area (Å²) in [6.45, 7) is 14.7. The molecule has 0 aromatic carbocycles. The van der Waals surface area contributed by atoms with Crippen LogP contribution in [0.2, 0.25) is 0 Å². The number of likely N-dealkylation sites (tertiary alicyclic amines) is 2. The number of hydrogen-bond acceptors (Lipinski definition) is 8. The van der Waals surface area contributed by atoms with Gasteiger partial charge in [0.15, 0.2) is 0 Å². The fraction of sp³-hybridized carbons (Fsp3) is 0.769. The smallest absolute Gasteiger partial charge is 0.410 e. The Morgan fingerprint density at radius 2 is 1.22 bits per heavy atom. The number of nitrogens with zero attached hydrogens (tertiary/aromatic N) is 4. The van der Waals surface area contributed by atoms with Crippen molar-refractivity contribution in [2.24, 2.45) is 11.8 Å². The number of amides is 2. The molecule has 2 aliphatic rings. The molecule has 2 saturated heterocycles. The van der Waals surface area contributed by atoms with Crippen LogP contribution in [0.4, 0.5) is 9.59 Å². The van der Waals surface area contributed by atoms with Gasteiger partial charge in [-0.2, -0.15) is 4.98 Å². The number of hydrogen-bond donors (Lipinski definition) is 0. The average Bonchev–Trinajstić information content (AvgIpc) is 2.80. The Bertz CT molecular complexity index is 815. The Morgan fingerprint density at radius 3 is 1.61 bits per heavy atom. The standard InChI is InChI=1S/C26H42N4O6/c1-25(2,3)35-23(31)29-11-7-9-19(15-29)17-33-21-13-27-14-22(28-21)34-18-20-10-8-12-30(16-20)24(32)36-26(4,5)6/h13-14,19-20H,7-12,15-18H2,1-6H3. The Morgan fingerprint density at radius 1 is 0.806 bits per heavy atom. The molecule has 0 aliphatic carbocycles. The molecule has 2 unspecified atom stereocenters. The first-order chi connectivity index (χ1) is 16.9. The van der Waals surface area contributed by atoms with Crippen LogP contribution in [0.1, 0.15) is 67.2 Å². The van der Waals surface area contributed by atoms with E-state index in [1.165, 1.54) is 0 Å². The number of ether oxygens (including phenoxy) is 4. The van der Waals surface area contributed by atoms with E-state index in [0.717, 1.165) is 25.7 Å². The summed E-state index contributed by atoms with van der Waals surface area (Å²) in [4.78, 5) is 36.9. The van der Waals surface area contributed by atoms with E-state index in [1.54, 1.807) is 22.2 Å². The molecule has 10 heteroatoms. The average molecular weight is 507 g/mol. The summed E-state index contributed by atoms with van der Waals surface area (Å²) in [5, 5.41) is 0. The predicted molar refractivity (Wildman–Crippen MR) is 134 cm³/mol. The van der Waals surface area contributed by atoms with Crippen molar-refractivity contribution in [2.75, 3.05) is 39.4 Å². The SMILES string of the molecule is CC(C)(C)OC(=O)N1CCCC(COc2cncc(OCC3CCCN(C(=O)OC(C)(C)C)C3)n2)C1. The first-order valence-electron chi connectivity index (χ1n) is 12.9. The van der Waals surface area contributed by atoms with Crippen molar-refractivity contribution < 1.29 is 28.5 Å². The highest BCUT2D eigenvalue weighted by Crippen LogP contribution is 2.23. The highest BCUT2D eigenvalue weighted by Gasteiger charge is 2.29. The molecule has 0 saturated carbocycles. The first kappa shape index (κ1) is 27.8. The highest BCUT2D eigenvalue weighted by atomic mass is 16.6. The number of piperidine rings is 2. The molecule has 2 atom stereocenters. The normalized spacial score (nSPS) is 21.1. The van der Waals surface area contributed by atoms with Crippen molar-refractivity contribution >= 4 is 12.2 Å². The molecule has 3 heterocycles. The minimum Gasteiger partial charge on any atom is -0.476 e. The lowest BCUT2D eigenvalue weighted by Crippen LogP contribution is -2.44. The third kappa shape index (κ3) is 9.35. The van der Waals surface area contributed by atoms with Crippen molar-refractivity contribution in [2.45, 2.75) is 78.4 Å². The first-order valence-corrected chi connectivity index (χ1v) is 12.9.